The van der Waals surface area contributed by atoms with E-state index in [1.54, 1.807) is 13.2 Å². The number of sulfone groups is 1. The molecule has 0 bridgehead atoms. The highest BCUT2D eigenvalue weighted by Crippen LogP contribution is 2.25. The van der Waals surface area contributed by atoms with Crippen molar-refractivity contribution in [3.63, 3.8) is 0 Å². The maximum Gasteiger partial charge on any atom is 0.150 e. The Morgan fingerprint density at radius 3 is 2.61 bits per heavy atom. The fourth-order valence-electron chi connectivity index (χ4n) is 1.46. The van der Waals surface area contributed by atoms with Crippen molar-refractivity contribution < 1.29 is 17.9 Å². The van der Waals surface area contributed by atoms with E-state index < -0.39 is 9.84 Å². The summed E-state index contributed by atoms with van der Waals surface area (Å²) >= 11 is 0. The number of hydrogen-bond acceptors (Lipinski definition) is 5. The summed E-state index contributed by atoms with van der Waals surface area (Å²) < 4.78 is 32.7. The lowest BCUT2D eigenvalue weighted by Crippen LogP contribution is -2.13. The van der Waals surface area contributed by atoms with E-state index in [9.17, 15) is 8.42 Å². The van der Waals surface area contributed by atoms with E-state index >= 15 is 0 Å². The Bertz CT molecular complexity index is 485. The molecule has 0 fully saturated rings. The number of hydrogen-bond donors (Lipinski definition) is 1. The van der Waals surface area contributed by atoms with E-state index in [4.69, 9.17) is 15.2 Å². The summed E-state index contributed by atoms with van der Waals surface area (Å²) in [5.74, 6) is 1.29. The second-order valence-electron chi connectivity index (χ2n) is 3.99. The summed E-state index contributed by atoms with van der Waals surface area (Å²) in [6.07, 6.45) is 1.86. The van der Waals surface area contributed by atoms with E-state index in [1.807, 2.05) is 12.1 Å². The van der Waals surface area contributed by atoms with Crippen LogP contribution in [0.1, 0.15) is 5.56 Å². The smallest absolute Gasteiger partial charge is 0.150 e. The zero-order chi connectivity index (χ0) is 13.6. The van der Waals surface area contributed by atoms with Crippen LogP contribution < -0.4 is 15.2 Å². The van der Waals surface area contributed by atoms with Gasteiger partial charge in [0.25, 0.3) is 0 Å². The molecule has 0 unspecified atom stereocenters. The number of nitrogens with two attached hydrogens (primary N) is 1. The van der Waals surface area contributed by atoms with E-state index in [2.05, 4.69) is 0 Å². The second kappa shape index (κ2) is 6.61. The highest BCUT2D eigenvalue weighted by atomic mass is 32.2. The monoisotopic (exact) mass is 273 g/mol. The van der Waals surface area contributed by atoms with Gasteiger partial charge in [-0.25, -0.2) is 8.42 Å². The Morgan fingerprint density at radius 1 is 1.33 bits per heavy atom. The maximum absolute atomic E-state index is 11.0. The lowest BCUT2D eigenvalue weighted by atomic mass is 10.1. The Balaban J connectivity index is 2.77. The van der Waals surface area contributed by atoms with Crippen molar-refractivity contribution in [3.05, 3.63) is 23.8 Å². The van der Waals surface area contributed by atoms with Crippen LogP contribution in [0.25, 0.3) is 0 Å². The molecule has 0 radical (unpaired) electrons. The third-order valence-corrected chi connectivity index (χ3v) is 3.31. The van der Waals surface area contributed by atoms with Crippen LogP contribution in [-0.2, 0) is 16.3 Å². The molecule has 18 heavy (non-hydrogen) atoms. The van der Waals surface area contributed by atoms with E-state index in [-0.39, 0.29) is 12.4 Å². The molecule has 0 atom stereocenters. The summed E-state index contributed by atoms with van der Waals surface area (Å²) in [5.41, 5.74) is 6.47. The average molecular weight is 273 g/mol. The van der Waals surface area contributed by atoms with Gasteiger partial charge in [-0.05, 0) is 24.6 Å². The first-order valence-corrected chi connectivity index (χ1v) is 7.70. The fourth-order valence-corrected chi connectivity index (χ4v) is 1.85. The Kier molecular flexibility index (Phi) is 5.43. The molecule has 0 heterocycles. The van der Waals surface area contributed by atoms with Crippen LogP contribution in [0.3, 0.4) is 0 Å². The summed E-state index contributed by atoms with van der Waals surface area (Å²) in [6, 6.07) is 5.45. The van der Waals surface area contributed by atoms with Gasteiger partial charge < -0.3 is 15.2 Å². The van der Waals surface area contributed by atoms with Crippen LogP contribution >= 0.6 is 0 Å². The molecule has 1 aromatic rings. The van der Waals surface area contributed by atoms with Gasteiger partial charge in [-0.3, -0.25) is 0 Å². The molecule has 0 aliphatic heterocycles. The molecule has 1 aromatic carbocycles. The molecule has 5 nitrogen and oxygen atoms in total. The summed E-state index contributed by atoms with van der Waals surface area (Å²) in [7, 11) is -1.45. The number of ether oxygens (including phenoxy) is 2. The molecular formula is C12H19NO4S. The minimum Gasteiger partial charge on any atom is -0.497 e. The molecule has 1 rings (SSSR count). The van der Waals surface area contributed by atoms with Gasteiger partial charge in [0.2, 0.25) is 0 Å². The van der Waals surface area contributed by atoms with Crippen molar-refractivity contribution in [3.8, 4) is 11.5 Å². The summed E-state index contributed by atoms with van der Waals surface area (Å²) in [4.78, 5) is 0. The molecule has 0 aromatic heterocycles. The van der Waals surface area contributed by atoms with Crippen LogP contribution in [0.2, 0.25) is 0 Å². The molecule has 2 N–H and O–H groups in total. The van der Waals surface area contributed by atoms with Gasteiger partial charge in [0.15, 0.2) is 9.84 Å². The Labute approximate surface area is 108 Å². The zero-order valence-electron chi connectivity index (χ0n) is 10.7. The Morgan fingerprint density at radius 2 is 2.06 bits per heavy atom. The van der Waals surface area contributed by atoms with Gasteiger partial charge in [-0.1, -0.05) is 6.07 Å². The van der Waals surface area contributed by atoms with Crippen molar-refractivity contribution in [1.82, 2.24) is 0 Å². The van der Waals surface area contributed by atoms with Crippen LogP contribution in [0.15, 0.2) is 18.2 Å². The minimum atomic E-state index is -3.02. The lowest BCUT2D eigenvalue weighted by Gasteiger charge is -2.12. The highest BCUT2D eigenvalue weighted by Gasteiger charge is 2.07. The number of benzene rings is 1. The molecule has 0 saturated heterocycles. The van der Waals surface area contributed by atoms with Crippen LogP contribution in [0.5, 0.6) is 11.5 Å². The van der Waals surface area contributed by atoms with E-state index in [0.29, 0.717) is 24.5 Å². The van der Waals surface area contributed by atoms with Crippen molar-refractivity contribution in [2.45, 2.75) is 6.42 Å². The zero-order valence-corrected chi connectivity index (χ0v) is 11.5. The lowest BCUT2D eigenvalue weighted by molar-refractivity contribution is 0.333. The Hall–Kier alpha value is -1.27. The molecule has 0 aliphatic carbocycles. The second-order valence-corrected chi connectivity index (χ2v) is 6.25. The molecule has 0 saturated carbocycles. The quantitative estimate of drug-likeness (QED) is 0.788. The normalized spacial score (nSPS) is 11.3. The predicted molar refractivity (Wildman–Crippen MR) is 71.0 cm³/mol. The average Bonchev–Trinajstić information content (AvgIpc) is 2.30. The molecule has 0 spiro atoms. The maximum atomic E-state index is 11.0. The van der Waals surface area contributed by atoms with Gasteiger partial charge in [0.05, 0.1) is 12.9 Å². The largest absolute Gasteiger partial charge is 0.497 e. The summed E-state index contributed by atoms with van der Waals surface area (Å²) in [5, 5.41) is 0. The molecule has 0 aliphatic rings. The van der Waals surface area contributed by atoms with Crippen LogP contribution in [-0.4, -0.2) is 40.7 Å². The molecule has 102 valence electrons. The predicted octanol–water partition coefficient (Wildman–Crippen LogP) is 0.620. The van der Waals surface area contributed by atoms with Crippen molar-refractivity contribution in [2.75, 3.05) is 32.3 Å². The van der Waals surface area contributed by atoms with Gasteiger partial charge >= 0.3 is 0 Å². The van der Waals surface area contributed by atoms with Gasteiger partial charge in [0.1, 0.15) is 18.1 Å². The third-order valence-electron chi connectivity index (χ3n) is 2.40. The first-order valence-electron chi connectivity index (χ1n) is 5.64. The first-order chi connectivity index (χ1) is 8.46. The van der Waals surface area contributed by atoms with Crippen molar-refractivity contribution in [1.29, 1.82) is 0 Å². The van der Waals surface area contributed by atoms with Crippen molar-refractivity contribution >= 4 is 9.84 Å². The topological polar surface area (TPSA) is 78.6 Å². The van der Waals surface area contributed by atoms with E-state index in [0.717, 1.165) is 5.56 Å². The van der Waals surface area contributed by atoms with Gasteiger partial charge in [-0.2, -0.15) is 0 Å². The summed E-state index contributed by atoms with van der Waals surface area (Å²) in [6.45, 7) is 0.637. The molecule has 6 heteroatoms. The first kappa shape index (κ1) is 14.8. The number of rotatable bonds is 7. The molecule has 0 amide bonds. The highest BCUT2D eigenvalue weighted by molar-refractivity contribution is 7.90. The standard InChI is InChI=1S/C12H19NO4S/c1-16-11-4-3-10(5-6-13)12(9-11)17-7-8-18(2,14)15/h3-4,9H,5-8,13H2,1-2H3. The third kappa shape index (κ3) is 4.93. The molecular weight excluding hydrogens is 254 g/mol. The van der Waals surface area contributed by atoms with Gasteiger partial charge in [0, 0.05) is 12.3 Å². The minimum absolute atomic E-state index is 0.00766. The van der Waals surface area contributed by atoms with Gasteiger partial charge in [-0.15, -0.1) is 0 Å². The van der Waals surface area contributed by atoms with Crippen molar-refractivity contribution in [2.24, 2.45) is 5.73 Å². The van der Waals surface area contributed by atoms with E-state index in [1.165, 1.54) is 6.26 Å². The number of methoxy groups -OCH3 is 1. The fraction of sp³-hybridized carbons (Fsp3) is 0.500. The van der Waals surface area contributed by atoms with Crippen LogP contribution in [0.4, 0.5) is 0 Å². The van der Waals surface area contributed by atoms with Crippen LogP contribution in [0, 0.1) is 0 Å². The SMILES string of the molecule is COc1ccc(CCN)c(OCCS(C)(=O)=O)c1.